The lowest BCUT2D eigenvalue weighted by molar-refractivity contribution is -0.142. The molecule has 0 saturated carbocycles. The third-order valence-electron chi connectivity index (χ3n) is 6.26. The predicted molar refractivity (Wildman–Crippen MR) is 150 cm³/mol. The second-order valence-corrected chi connectivity index (χ2v) is 9.70. The van der Waals surface area contributed by atoms with Crippen LogP contribution in [0.4, 0.5) is 0 Å². The molecule has 42 heavy (non-hydrogen) atoms. The highest BCUT2D eigenvalue weighted by atomic mass is 16.4. The Hall–Kier alpha value is -4.98. The maximum atomic E-state index is 13.4. The molecular weight excluding hydrogens is 548 g/mol. The van der Waals surface area contributed by atoms with E-state index in [2.05, 4.69) is 16.0 Å². The molecule has 0 spiro atoms. The number of primary amides is 2. The van der Waals surface area contributed by atoms with Crippen LogP contribution in [0.2, 0.25) is 0 Å². The standard InChI is InChI=1S/C28H36N6O8/c29-19(10-12-23(30)36)25(38)32-20(11-13-24(31)37)26(39)33-21(14-17-6-8-18(35)9-7-17)27(40)34-22(28(41)42)15-16-4-2-1-3-5-16/h1-9,19-22,35H,10-15,29H2,(H2,30,36)(H2,31,37)(H,32,38)(H,33,39)(H,34,40)(H,41,42). The second-order valence-electron chi connectivity index (χ2n) is 9.70. The molecule has 5 amide bonds. The molecule has 0 aliphatic heterocycles. The molecule has 4 atom stereocenters. The fourth-order valence-corrected chi connectivity index (χ4v) is 3.93. The van der Waals surface area contributed by atoms with Crippen LogP contribution >= 0.6 is 0 Å². The first-order valence-electron chi connectivity index (χ1n) is 13.1. The van der Waals surface area contributed by atoms with Gasteiger partial charge >= 0.3 is 5.97 Å². The van der Waals surface area contributed by atoms with E-state index in [1.807, 2.05) is 0 Å². The van der Waals surface area contributed by atoms with Gasteiger partial charge in [-0.3, -0.25) is 24.0 Å². The lowest BCUT2D eigenvalue weighted by atomic mass is 10.0. The zero-order chi connectivity index (χ0) is 31.2. The average Bonchev–Trinajstić information content (AvgIpc) is 2.94. The van der Waals surface area contributed by atoms with Gasteiger partial charge in [0, 0.05) is 25.7 Å². The Bertz CT molecular complexity index is 1250. The number of nitrogens with two attached hydrogens (primary N) is 3. The maximum Gasteiger partial charge on any atom is 0.326 e. The van der Waals surface area contributed by atoms with Crippen LogP contribution in [-0.2, 0) is 41.6 Å². The molecule has 0 fully saturated rings. The van der Waals surface area contributed by atoms with Crippen molar-refractivity contribution in [3.63, 3.8) is 0 Å². The number of aromatic hydroxyl groups is 1. The number of phenolic OH excluding ortho intramolecular Hbond substituents is 1. The first-order valence-corrected chi connectivity index (χ1v) is 13.1. The van der Waals surface area contributed by atoms with Crippen LogP contribution < -0.4 is 33.2 Å². The van der Waals surface area contributed by atoms with Crippen LogP contribution in [0.1, 0.15) is 36.8 Å². The fourth-order valence-electron chi connectivity index (χ4n) is 3.93. The number of hydrogen-bond acceptors (Lipinski definition) is 8. The van der Waals surface area contributed by atoms with Crippen molar-refractivity contribution in [2.24, 2.45) is 17.2 Å². The van der Waals surface area contributed by atoms with E-state index in [9.17, 15) is 39.0 Å². The van der Waals surface area contributed by atoms with Gasteiger partial charge in [0.15, 0.2) is 0 Å². The predicted octanol–water partition coefficient (Wildman–Crippen LogP) is -1.43. The maximum absolute atomic E-state index is 13.4. The van der Waals surface area contributed by atoms with Crippen LogP contribution in [0.3, 0.4) is 0 Å². The highest BCUT2D eigenvalue weighted by molar-refractivity contribution is 5.94. The smallest absolute Gasteiger partial charge is 0.326 e. The number of rotatable bonds is 17. The lowest BCUT2D eigenvalue weighted by Gasteiger charge is -2.25. The van der Waals surface area contributed by atoms with Gasteiger partial charge in [0.1, 0.15) is 23.9 Å². The van der Waals surface area contributed by atoms with E-state index in [1.54, 1.807) is 30.3 Å². The highest BCUT2D eigenvalue weighted by Crippen LogP contribution is 2.13. The Morgan fingerprint density at radius 1 is 0.643 bits per heavy atom. The van der Waals surface area contributed by atoms with Crippen molar-refractivity contribution in [1.82, 2.24) is 16.0 Å². The molecule has 0 saturated heterocycles. The highest BCUT2D eigenvalue weighted by Gasteiger charge is 2.31. The summed E-state index contributed by atoms with van der Waals surface area (Å²) < 4.78 is 0. The summed E-state index contributed by atoms with van der Waals surface area (Å²) in [6.45, 7) is 0. The molecule has 2 rings (SSSR count). The van der Waals surface area contributed by atoms with Crippen molar-refractivity contribution < 1.29 is 39.0 Å². The van der Waals surface area contributed by atoms with E-state index < -0.39 is 59.7 Å². The Balaban J connectivity index is 2.27. The number of carbonyl (C=O) groups excluding carboxylic acids is 5. The third kappa shape index (κ3) is 11.6. The summed E-state index contributed by atoms with van der Waals surface area (Å²) in [5.41, 5.74) is 17.3. The molecule has 11 N–H and O–H groups in total. The SMILES string of the molecule is NC(=O)CCC(N)C(=O)NC(CCC(N)=O)C(=O)NC(Cc1ccc(O)cc1)C(=O)NC(Cc1ccccc1)C(=O)O. The van der Waals surface area contributed by atoms with Crippen LogP contribution in [0.5, 0.6) is 5.75 Å². The Labute approximate surface area is 242 Å². The molecule has 2 aromatic rings. The zero-order valence-corrected chi connectivity index (χ0v) is 22.8. The number of hydrogen-bond donors (Lipinski definition) is 8. The van der Waals surface area contributed by atoms with Crippen molar-refractivity contribution >= 4 is 35.5 Å². The molecule has 2 aromatic carbocycles. The quantitative estimate of drug-likeness (QED) is 0.108. The number of benzene rings is 2. The molecule has 0 bridgehead atoms. The molecule has 0 aliphatic rings. The van der Waals surface area contributed by atoms with Crippen LogP contribution in [0.25, 0.3) is 0 Å². The molecule has 14 nitrogen and oxygen atoms in total. The van der Waals surface area contributed by atoms with Crippen LogP contribution in [-0.4, -0.2) is 69.9 Å². The Kier molecular flexibility index (Phi) is 12.9. The van der Waals surface area contributed by atoms with E-state index in [0.29, 0.717) is 11.1 Å². The number of carboxylic acids is 1. The molecule has 0 aliphatic carbocycles. The average molecular weight is 585 g/mol. The van der Waals surface area contributed by atoms with Gasteiger partial charge in [-0.2, -0.15) is 0 Å². The number of aliphatic carboxylic acids is 1. The van der Waals surface area contributed by atoms with E-state index in [-0.39, 0.29) is 44.3 Å². The monoisotopic (exact) mass is 584 g/mol. The fraction of sp³-hybridized carbons (Fsp3) is 0.357. The van der Waals surface area contributed by atoms with Gasteiger partial charge in [0.05, 0.1) is 6.04 Å². The zero-order valence-electron chi connectivity index (χ0n) is 22.8. The second kappa shape index (κ2) is 16.3. The summed E-state index contributed by atoms with van der Waals surface area (Å²) in [4.78, 5) is 73.7. The van der Waals surface area contributed by atoms with Gasteiger partial charge in [-0.1, -0.05) is 42.5 Å². The van der Waals surface area contributed by atoms with Gasteiger partial charge in [0.2, 0.25) is 29.5 Å². The number of phenols is 1. The minimum absolute atomic E-state index is 0.0255. The third-order valence-corrected chi connectivity index (χ3v) is 6.26. The van der Waals surface area contributed by atoms with Crippen molar-refractivity contribution in [3.8, 4) is 5.75 Å². The van der Waals surface area contributed by atoms with Crippen LogP contribution in [0.15, 0.2) is 54.6 Å². The van der Waals surface area contributed by atoms with E-state index in [4.69, 9.17) is 17.2 Å². The summed E-state index contributed by atoms with van der Waals surface area (Å²) >= 11 is 0. The first-order chi connectivity index (χ1) is 19.8. The molecule has 226 valence electrons. The van der Waals surface area contributed by atoms with E-state index in [0.717, 1.165) is 0 Å². The molecule has 0 heterocycles. The molecule has 14 heteroatoms. The van der Waals surface area contributed by atoms with Gasteiger partial charge < -0.3 is 43.4 Å². The summed E-state index contributed by atoms with van der Waals surface area (Å²) in [5, 5.41) is 26.7. The number of nitrogens with one attached hydrogen (secondary N) is 3. The molecule has 0 aromatic heterocycles. The Morgan fingerprint density at radius 2 is 1.12 bits per heavy atom. The summed E-state index contributed by atoms with van der Waals surface area (Å²) in [5.74, 6) is -5.22. The topological polar surface area (TPSA) is 257 Å². The van der Waals surface area contributed by atoms with Crippen molar-refractivity contribution in [1.29, 1.82) is 0 Å². The van der Waals surface area contributed by atoms with Crippen LogP contribution in [0, 0.1) is 0 Å². The minimum Gasteiger partial charge on any atom is -0.508 e. The van der Waals surface area contributed by atoms with Crippen molar-refractivity contribution in [2.45, 2.75) is 62.7 Å². The largest absolute Gasteiger partial charge is 0.508 e. The lowest BCUT2D eigenvalue weighted by Crippen LogP contribution is -2.58. The number of carboxylic acid groups (broad SMARTS) is 1. The van der Waals surface area contributed by atoms with Gasteiger partial charge in [-0.25, -0.2) is 4.79 Å². The molecule has 4 unspecified atom stereocenters. The summed E-state index contributed by atoms with van der Waals surface area (Å²) in [7, 11) is 0. The van der Waals surface area contributed by atoms with Crippen molar-refractivity contribution in [2.75, 3.05) is 0 Å². The molecular formula is C28H36N6O8. The first kappa shape index (κ1) is 33.2. The number of amides is 5. The van der Waals surface area contributed by atoms with Gasteiger partial charge in [0.25, 0.3) is 0 Å². The number of carbonyl (C=O) groups is 6. The normalized spacial score (nSPS) is 13.5. The van der Waals surface area contributed by atoms with Gasteiger partial charge in [-0.05, 0) is 36.1 Å². The summed E-state index contributed by atoms with van der Waals surface area (Å²) in [6, 6.07) is 9.24. The Morgan fingerprint density at radius 3 is 1.69 bits per heavy atom. The molecule has 0 radical (unpaired) electrons. The van der Waals surface area contributed by atoms with Crippen molar-refractivity contribution in [3.05, 3.63) is 65.7 Å². The van der Waals surface area contributed by atoms with Gasteiger partial charge in [-0.15, -0.1) is 0 Å². The van der Waals surface area contributed by atoms with E-state index >= 15 is 0 Å². The summed E-state index contributed by atoms with van der Waals surface area (Å²) in [6.07, 6.45) is -0.909. The van der Waals surface area contributed by atoms with E-state index in [1.165, 1.54) is 24.3 Å². The minimum atomic E-state index is -1.35.